The number of anilines is 1. The Kier molecular flexibility index (Phi) is 6.00. The van der Waals surface area contributed by atoms with Gasteiger partial charge < -0.3 is 20.1 Å². The Hall–Kier alpha value is -1.75. The highest BCUT2D eigenvalue weighted by Gasteiger charge is 2.09. The molecule has 18 heavy (non-hydrogen) atoms. The zero-order valence-corrected chi connectivity index (χ0v) is 10.9. The summed E-state index contributed by atoms with van der Waals surface area (Å²) >= 11 is 0. The van der Waals surface area contributed by atoms with E-state index in [9.17, 15) is 4.79 Å². The van der Waals surface area contributed by atoms with Crippen molar-refractivity contribution in [2.24, 2.45) is 0 Å². The number of nitrogens with two attached hydrogens (primary N) is 1. The number of rotatable bonds is 7. The Morgan fingerprint density at radius 3 is 2.89 bits per heavy atom. The first-order chi connectivity index (χ1) is 8.63. The average molecular weight is 252 g/mol. The van der Waals surface area contributed by atoms with Gasteiger partial charge in [-0.25, -0.2) is 0 Å². The molecule has 2 N–H and O–H groups in total. The molecule has 1 rings (SSSR count). The van der Waals surface area contributed by atoms with E-state index in [0.29, 0.717) is 24.6 Å². The summed E-state index contributed by atoms with van der Waals surface area (Å²) in [4.78, 5) is 13.4. The minimum Gasteiger partial charge on any atom is -0.484 e. The molecule has 0 aromatic heterocycles. The van der Waals surface area contributed by atoms with Crippen LogP contribution in [0.15, 0.2) is 24.3 Å². The molecular formula is C13H20N2O3. The van der Waals surface area contributed by atoms with Crippen LogP contribution < -0.4 is 10.5 Å². The molecule has 0 saturated carbocycles. The summed E-state index contributed by atoms with van der Waals surface area (Å²) in [5.41, 5.74) is 6.24. The fourth-order valence-electron chi connectivity index (χ4n) is 1.43. The Balaban J connectivity index is 2.32. The number of methoxy groups -OCH3 is 1. The summed E-state index contributed by atoms with van der Waals surface area (Å²) < 4.78 is 10.3. The number of ether oxygens (including phenoxy) is 2. The van der Waals surface area contributed by atoms with Crippen molar-refractivity contribution >= 4 is 11.6 Å². The van der Waals surface area contributed by atoms with Crippen LogP contribution >= 0.6 is 0 Å². The highest BCUT2D eigenvalue weighted by molar-refractivity contribution is 5.77. The third kappa shape index (κ3) is 5.05. The summed E-state index contributed by atoms with van der Waals surface area (Å²) in [5, 5.41) is 0. The molecule has 0 aliphatic heterocycles. The van der Waals surface area contributed by atoms with Gasteiger partial charge >= 0.3 is 0 Å². The molecule has 0 saturated heterocycles. The Bertz CT molecular complexity index is 382. The van der Waals surface area contributed by atoms with Crippen LogP contribution in [0.25, 0.3) is 0 Å². The van der Waals surface area contributed by atoms with Gasteiger partial charge in [0.15, 0.2) is 6.61 Å². The molecule has 0 radical (unpaired) electrons. The zero-order valence-electron chi connectivity index (χ0n) is 10.9. The van der Waals surface area contributed by atoms with Gasteiger partial charge in [-0.3, -0.25) is 4.79 Å². The summed E-state index contributed by atoms with van der Waals surface area (Å²) in [6.07, 6.45) is 0.816. The van der Waals surface area contributed by atoms with Gasteiger partial charge in [0.2, 0.25) is 0 Å². The van der Waals surface area contributed by atoms with Crippen LogP contribution in [0.3, 0.4) is 0 Å². The highest BCUT2D eigenvalue weighted by atomic mass is 16.5. The number of nitrogen functional groups attached to an aromatic ring is 1. The fourth-order valence-corrected chi connectivity index (χ4v) is 1.43. The van der Waals surface area contributed by atoms with Gasteiger partial charge in [-0.15, -0.1) is 0 Å². The third-order valence-electron chi connectivity index (χ3n) is 2.49. The molecule has 100 valence electrons. The van der Waals surface area contributed by atoms with E-state index in [1.165, 1.54) is 0 Å². The van der Waals surface area contributed by atoms with Crippen molar-refractivity contribution < 1.29 is 14.3 Å². The first-order valence-electron chi connectivity index (χ1n) is 5.84. The van der Waals surface area contributed by atoms with E-state index in [0.717, 1.165) is 6.42 Å². The minimum absolute atomic E-state index is 0.0208. The van der Waals surface area contributed by atoms with E-state index in [2.05, 4.69) is 0 Å². The quantitative estimate of drug-likeness (QED) is 0.584. The lowest BCUT2D eigenvalue weighted by Gasteiger charge is -2.17. The van der Waals surface area contributed by atoms with Gasteiger partial charge in [0.25, 0.3) is 5.91 Å². The number of hydrogen-bond acceptors (Lipinski definition) is 4. The molecule has 1 aromatic rings. The number of likely N-dealkylation sites (N-methyl/N-ethyl adjacent to an activating group) is 1. The van der Waals surface area contributed by atoms with E-state index in [-0.39, 0.29) is 12.5 Å². The lowest BCUT2D eigenvalue weighted by molar-refractivity contribution is -0.132. The minimum atomic E-state index is -0.0615. The topological polar surface area (TPSA) is 64.8 Å². The van der Waals surface area contributed by atoms with Gasteiger partial charge in [-0.2, -0.15) is 0 Å². The Morgan fingerprint density at radius 1 is 1.44 bits per heavy atom. The molecule has 0 unspecified atom stereocenters. The van der Waals surface area contributed by atoms with Crippen LogP contribution in [-0.4, -0.2) is 44.7 Å². The van der Waals surface area contributed by atoms with Crippen LogP contribution in [-0.2, 0) is 9.53 Å². The molecule has 0 aliphatic rings. The molecule has 0 aliphatic carbocycles. The lowest BCUT2D eigenvalue weighted by atomic mass is 10.3. The van der Waals surface area contributed by atoms with Gasteiger partial charge in [-0.05, 0) is 18.6 Å². The van der Waals surface area contributed by atoms with Crippen molar-refractivity contribution in [1.29, 1.82) is 0 Å². The number of carbonyl (C=O) groups excluding carboxylic acids is 1. The zero-order chi connectivity index (χ0) is 13.4. The number of nitrogens with zero attached hydrogens (tertiary/aromatic N) is 1. The maximum Gasteiger partial charge on any atom is 0.260 e. The highest BCUT2D eigenvalue weighted by Crippen LogP contribution is 2.14. The first kappa shape index (κ1) is 14.3. The second-order valence-electron chi connectivity index (χ2n) is 4.02. The molecule has 0 heterocycles. The molecule has 5 nitrogen and oxygen atoms in total. The molecule has 0 atom stereocenters. The van der Waals surface area contributed by atoms with Crippen molar-refractivity contribution in [1.82, 2.24) is 4.90 Å². The van der Waals surface area contributed by atoms with Gasteiger partial charge in [0, 0.05) is 39.1 Å². The molecular weight excluding hydrogens is 232 g/mol. The van der Waals surface area contributed by atoms with Gasteiger partial charge in [0.05, 0.1) is 0 Å². The van der Waals surface area contributed by atoms with E-state index < -0.39 is 0 Å². The predicted molar refractivity (Wildman–Crippen MR) is 70.5 cm³/mol. The van der Waals surface area contributed by atoms with E-state index in [1.807, 2.05) is 0 Å². The molecule has 1 aromatic carbocycles. The number of carbonyl (C=O) groups is 1. The van der Waals surface area contributed by atoms with Crippen molar-refractivity contribution in [3.63, 3.8) is 0 Å². The number of hydrogen-bond donors (Lipinski definition) is 1. The Labute approximate surface area is 107 Å². The molecule has 0 bridgehead atoms. The van der Waals surface area contributed by atoms with E-state index in [1.54, 1.807) is 43.3 Å². The fraction of sp³-hybridized carbons (Fsp3) is 0.462. The van der Waals surface area contributed by atoms with Crippen molar-refractivity contribution in [3.8, 4) is 5.75 Å². The Morgan fingerprint density at radius 2 is 2.22 bits per heavy atom. The molecule has 0 fully saturated rings. The summed E-state index contributed by atoms with van der Waals surface area (Å²) in [6, 6.07) is 7.02. The maximum atomic E-state index is 11.7. The first-order valence-corrected chi connectivity index (χ1v) is 5.84. The van der Waals surface area contributed by atoms with Crippen molar-refractivity contribution in [2.75, 3.05) is 39.6 Å². The average Bonchev–Trinajstić information content (AvgIpc) is 2.36. The largest absolute Gasteiger partial charge is 0.484 e. The smallest absolute Gasteiger partial charge is 0.260 e. The normalized spacial score (nSPS) is 10.1. The summed E-state index contributed by atoms with van der Waals surface area (Å²) in [7, 11) is 3.39. The summed E-state index contributed by atoms with van der Waals surface area (Å²) in [6.45, 7) is 1.33. The number of amides is 1. The van der Waals surface area contributed by atoms with Crippen LogP contribution in [0.5, 0.6) is 5.75 Å². The van der Waals surface area contributed by atoms with Crippen molar-refractivity contribution in [3.05, 3.63) is 24.3 Å². The lowest BCUT2D eigenvalue weighted by Crippen LogP contribution is -2.32. The summed E-state index contributed by atoms with van der Waals surface area (Å²) in [5.74, 6) is 0.544. The second kappa shape index (κ2) is 7.55. The van der Waals surface area contributed by atoms with Crippen molar-refractivity contribution in [2.45, 2.75) is 6.42 Å². The van der Waals surface area contributed by atoms with Gasteiger partial charge in [-0.1, -0.05) is 6.07 Å². The SMILES string of the molecule is COCCCN(C)C(=O)COc1cccc(N)c1. The van der Waals surface area contributed by atoms with Crippen LogP contribution in [0.2, 0.25) is 0 Å². The van der Waals surface area contributed by atoms with E-state index in [4.69, 9.17) is 15.2 Å². The third-order valence-corrected chi connectivity index (χ3v) is 2.49. The molecule has 5 heteroatoms. The molecule has 1 amide bonds. The monoisotopic (exact) mass is 252 g/mol. The second-order valence-corrected chi connectivity index (χ2v) is 4.02. The molecule has 0 spiro atoms. The van der Waals surface area contributed by atoms with Crippen LogP contribution in [0, 0.1) is 0 Å². The predicted octanol–water partition coefficient (Wildman–Crippen LogP) is 1.14. The standard InChI is InChI=1S/C13H20N2O3/c1-15(7-4-8-17-2)13(16)10-18-12-6-3-5-11(14)9-12/h3,5-6,9H,4,7-8,10,14H2,1-2H3. The van der Waals surface area contributed by atoms with Crippen LogP contribution in [0.4, 0.5) is 5.69 Å². The van der Waals surface area contributed by atoms with E-state index >= 15 is 0 Å². The van der Waals surface area contributed by atoms with Crippen LogP contribution in [0.1, 0.15) is 6.42 Å². The maximum absolute atomic E-state index is 11.7. The number of benzene rings is 1. The van der Waals surface area contributed by atoms with Gasteiger partial charge in [0.1, 0.15) is 5.75 Å².